The Morgan fingerprint density at radius 2 is 1.82 bits per heavy atom. The van der Waals surface area contributed by atoms with Gasteiger partial charge >= 0.3 is 0 Å². The molecule has 0 bridgehead atoms. The van der Waals surface area contributed by atoms with E-state index in [2.05, 4.69) is 17.6 Å². The Hall–Kier alpha value is -0.0800. The normalized spacial score (nSPS) is 40.4. The van der Waals surface area contributed by atoms with Gasteiger partial charge in [0.25, 0.3) is 0 Å². The molecule has 3 aliphatic rings. The fraction of sp³-hybridized carbons (Fsp3) is 1.00. The third kappa shape index (κ3) is 2.53. The summed E-state index contributed by atoms with van der Waals surface area (Å²) in [5.41, 5.74) is 0. The highest BCUT2D eigenvalue weighted by atomic mass is 15.0. The second-order valence-corrected chi connectivity index (χ2v) is 6.55. The van der Waals surface area contributed by atoms with Crippen molar-refractivity contribution in [1.82, 2.24) is 10.6 Å². The highest BCUT2D eigenvalue weighted by molar-refractivity contribution is 4.95. The number of nitrogens with one attached hydrogen (secondary N) is 2. The lowest BCUT2D eigenvalue weighted by Gasteiger charge is -2.36. The van der Waals surface area contributed by atoms with Gasteiger partial charge in [0, 0.05) is 18.1 Å². The van der Waals surface area contributed by atoms with Crippen LogP contribution >= 0.6 is 0 Å². The SMILES string of the molecule is CC(NC1CCCC1C1CCCN1)C1CCC1. The maximum absolute atomic E-state index is 3.97. The predicted molar refractivity (Wildman–Crippen MR) is 72.1 cm³/mol. The highest BCUT2D eigenvalue weighted by Gasteiger charge is 2.36. The fourth-order valence-electron chi connectivity index (χ4n) is 4.17. The van der Waals surface area contributed by atoms with Gasteiger partial charge in [0.1, 0.15) is 0 Å². The third-order valence-corrected chi connectivity index (χ3v) is 5.52. The van der Waals surface area contributed by atoms with Crippen molar-refractivity contribution in [1.29, 1.82) is 0 Å². The van der Waals surface area contributed by atoms with Crippen LogP contribution in [0.1, 0.15) is 58.3 Å². The van der Waals surface area contributed by atoms with Gasteiger partial charge in [-0.25, -0.2) is 0 Å². The van der Waals surface area contributed by atoms with Gasteiger partial charge in [-0.15, -0.1) is 0 Å². The summed E-state index contributed by atoms with van der Waals surface area (Å²) in [5, 5.41) is 7.69. The van der Waals surface area contributed by atoms with E-state index in [1.165, 1.54) is 57.9 Å². The van der Waals surface area contributed by atoms with Crippen molar-refractivity contribution in [3.63, 3.8) is 0 Å². The highest BCUT2D eigenvalue weighted by Crippen LogP contribution is 2.34. The molecule has 0 spiro atoms. The van der Waals surface area contributed by atoms with Gasteiger partial charge in [-0.2, -0.15) is 0 Å². The maximum Gasteiger partial charge on any atom is 0.0113 e. The molecular weight excluding hydrogens is 208 g/mol. The standard InChI is InChI=1S/C15H28N2/c1-11(12-5-2-6-12)17-15-8-3-7-13(15)14-9-4-10-16-14/h11-17H,2-10H2,1H3. The van der Waals surface area contributed by atoms with Crippen LogP contribution in [0.4, 0.5) is 0 Å². The van der Waals surface area contributed by atoms with Crippen molar-refractivity contribution in [3.8, 4) is 0 Å². The van der Waals surface area contributed by atoms with Crippen LogP contribution in [0, 0.1) is 11.8 Å². The topological polar surface area (TPSA) is 24.1 Å². The minimum atomic E-state index is 0.760. The van der Waals surface area contributed by atoms with Crippen LogP contribution in [0.15, 0.2) is 0 Å². The Labute approximate surface area is 106 Å². The summed E-state index contributed by atoms with van der Waals surface area (Å²) >= 11 is 0. The first-order valence-electron chi connectivity index (χ1n) is 7.84. The van der Waals surface area contributed by atoms with Crippen molar-refractivity contribution in [2.24, 2.45) is 11.8 Å². The molecule has 3 fully saturated rings. The summed E-state index contributed by atoms with van der Waals surface area (Å²) in [5.74, 6) is 1.90. The Kier molecular flexibility index (Phi) is 3.72. The van der Waals surface area contributed by atoms with Gasteiger partial charge in [-0.05, 0) is 63.8 Å². The molecule has 4 unspecified atom stereocenters. The number of hydrogen-bond donors (Lipinski definition) is 2. The molecule has 0 radical (unpaired) electrons. The molecule has 2 N–H and O–H groups in total. The Bertz CT molecular complexity index is 243. The molecule has 2 heteroatoms. The first-order valence-corrected chi connectivity index (χ1v) is 7.84. The predicted octanol–water partition coefficient (Wildman–Crippen LogP) is 2.69. The van der Waals surface area contributed by atoms with E-state index >= 15 is 0 Å². The summed E-state index contributed by atoms with van der Waals surface area (Å²) in [7, 11) is 0. The lowest BCUT2D eigenvalue weighted by atomic mass is 9.79. The Morgan fingerprint density at radius 3 is 2.47 bits per heavy atom. The van der Waals surface area contributed by atoms with E-state index in [1.807, 2.05) is 0 Å². The Balaban J connectivity index is 1.53. The van der Waals surface area contributed by atoms with Crippen LogP contribution < -0.4 is 10.6 Å². The van der Waals surface area contributed by atoms with Crippen LogP contribution in [0.3, 0.4) is 0 Å². The van der Waals surface area contributed by atoms with Gasteiger partial charge in [0.15, 0.2) is 0 Å². The minimum absolute atomic E-state index is 0.760. The molecule has 0 amide bonds. The summed E-state index contributed by atoms with van der Waals surface area (Å²) < 4.78 is 0. The lowest BCUT2D eigenvalue weighted by Crippen LogP contribution is -2.48. The second kappa shape index (κ2) is 5.27. The number of rotatable bonds is 4. The quantitative estimate of drug-likeness (QED) is 0.784. The first-order chi connectivity index (χ1) is 8.34. The van der Waals surface area contributed by atoms with Gasteiger partial charge in [0.05, 0.1) is 0 Å². The second-order valence-electron chi connectivity index (χ2n) is 6.55. The zero-order valence-corrected chi connectivity index (χ0v) is 11.3. The third-order valence-electron chi connectivity index (χ3n) is 5.52. The molecule has 0 aromatic rings. The van der Waals surface area contributed by atoms with Crippen molar-refractivity contribution in [2.45, 2.75) is 76.4 Å². The summed E-state index contributed by atoms with van der Waals surface area (Å²) in [6, 6.07) is 2.39. The van der Waals surface area contributed by atoms with E-state index in [4.69, 9.17) is 0 Å². The molecule has 1 saturated heterocycles. The van der Waals surface area contributed by atoms with Gasteiger partial charge in [-0.1, -0.05) is 12.8 Å². The van der Waals surface area contributed by atoms with E-state index in [-0.39, 0.29) is 0 Å². The molecule has 17 heavy (non-hydrogen) atoms. The Morgan fingerprint density at radius 1 is 1.00 bits per heavy atom. The molecule has 98 valence electrons. The van der Waals surface area contributed by atoms with Crippen LogP contribution in [0.2, 0.25) is 0 Å². The van der Waals surface area contributed by atoms with Gasteiger partial charge < -0.3 is 10.6 Å². The maximum atomic E-state index is 3.97. The molecule has 2 saturated carbocycles. The molecule has 1 heterocycles. The van der Waals surface area contributed by atoms with Crippen molar-refractivity contribution in [2.75, 3.05) is 6.54 Å². The van der Waals surface area contributed by atoms with E-state index in [1.54, 1.807) is 0 Å². The zero-order chi connectivity index (χ0) is 11.7. The monoisotopic (exact) mass is 236 g/mol. The summed E-state index contributed by atoms with van der Waals surface area (Å²) in [6.45, 7) is 3.67. The molecule has 1 aliphatic heterocycles. The molecule has 0 aromatic carbocycles. The van der Waals surface area contributed by atoms with Gasteiger partial charge in [0.2, 0.25) is 0 Å². The van der Waals surface area contributed by atoms with E-state index in [0.29, 0.717) is 0 Å². The van der Waals surface area contributed by atoms with Crippen LogP contribution in [-0.2, 0) is 0 Å². The fourth-order valence-corrected chi connectivity index (χ4v) is 4.17. The molecular formula is C15H28N2. The molecule has 0 aromatic heterocycles. The minimum Gasteiger partial charge on any atom is -0.314 e. The molecule has 2 aliphatic carbocycles. The van der Waals surface area contributed by atoms with Crippen molar-refractivity contribution in [3.05, 3.63) is 0 Å². The largest absolute Gasteiger partial charge is 0.314 e. The van der Waals surface area contributed by atoms with Crippen molar-refractivity contribution >= 4 is 0 Å². The molecule has 4 atom stereocenters. The average Bonchev–Trinajstić information content (AvgIpc) is 2.82. The summed E-state index contributed by atoms with van der Waals surface area (Å²) in [6.07, 6.45) is 11.5. The van der Waals surface area contributed by atoms with Crippen molar-refractivity contribution < 1.29 is 0 Å². The van der Waals surface area contributed by atoms with Crippen LogP contribution in [0.5, 0.6) is 0 Å². The van der Waals surface area contributed by atoms with E-state index in [0.717, 1.165) is 30.0 Å². The van der Waals surface area contributed by atoms with Crippen LogP contribution in [0.25, 0.3) is 0 Å². The van der Waals surface area contributed by atoms with Gasteiger partial charge in [-0.3, -0.25) is 0 Å². The summed E-state index contributed by atoms with van der Waals surface area (Å²) in [4.78, 5) is 0. The van der Waals surface area contributed by atoms with E-state index in [9.17, 15) is 0 Å². The average molecular weight is 236 g/mol. The lowest BCUT2D eigenvalue weighted by molar-refractivity contribution is 0.204. The smallest absolute Gasteiger partial charge is 0.0113 e. The molecule has 2 nitrogen and oxygen atoms in total. The number of hydrogen-bond acceptors (Lipinski definition) is 2. The zero-order valence-electron chi connectivity index (χ0n) is 11.3. The van der Waals surface area contributed by atoms with E-state index < -0.39 is 0 Å². The first kappa shape index (κ1) is 12.0. The molecule has 3 rings (SSSR count). The van der Waals surface area contributed by atoms with Crippen LogP contribution in [-0.4, -0.2) is 24.7 Å².